The zero-order valence-electron chi connectivity index (χ0n) is 28.4. The molecular formula is C49H33NO. The summed E-state index contributed by atoms with van der Waals surface area (Å²) in [4.78, 5) is 0. The number of aromatic nitrogens is 1. The lowest BCUT2D eigenvalue weighted by Gasteiger charge is -2.31. The highest BCUT2D eigenvalue weighted by molar-refractivity contribution is 6.16. The van der Waals surface area contributed by atoms with Crippen LogP contribution in [-0.4, -0.2) is 4.57 Å². The van der Waals surface area contributed by atoms with Crippen LogP contribution in [0.15, 0.2) is 156 Å². The van der Waals surface area contributed by atoms with Crippen LogP contribution in [0.2, 0.25) is 0 Å². The Labute approximate surface area is 296 Å². The van der Waals surface area contributed by atoms with E-state index in [0.29, 0.717) is 11.8 Å². The molecule has 6 aromatic carbocycles. The standard InChI is InChI=1S/C49H33NO/c1-49(2)46-37(26-27-43-45(46)40-13-6-8-17-42(40)51-43)38-24-25-39-33-12-5-7-16-41(33)50(48(39)47(38)49)29-20-18-28(19-21-29)30-22-23-36-32-11-4-3-10-31(32)35-15-9-14-34(30)44(35)36/h3-27,34,44H,1-2H3. The van der Waals surface area contributed by atoms with Gasteiger partial charge < -0.3 is 8.98 Å². The monoisotopic (exact) mass is 651 g/mol. The first kappa shape index (κ1) is 27.7. The third-order valence-electron chi connectivity index (χ3n) is 12.4. The van der Waals surface area contributed by atoms with Gasteiger partial charge >= 0.3 is 0 Å². The summed E-state index contributed by atoms with van der Waals surface area (Å²) >= 11 is 0. The number of rotatable bonds is 2. The Kier molecular flexibility index (Phi) is 5.19. The molecule has 4 aliphatic rings. The summed E-state index contributed by atoms with van der Waals surface area (Å²) in [6, 6.07) is 44.8. The summed E-state index contributed by atoms with van der Waals surface area (Å²) < 4.78 is 8.93. The fourth-order valence-electron chi connectivity index (χ4n) is 10.3. The van der Waals surface area contributed by atoms with Gasteiger partial charge in [0.2, 0.25) is 0 Å². The van der Waals surface area contributed by atoms with Gasteiger partial charge in [0.1, 0.15) is 11.2 Å². The van der Waals surface area contributed by atoms with Crippen molar-refractivity contribution in [2.75, 3.05) is 0 Å². The highest BCUT2D eigenvalue weighted by Crippen LogP contribution is 2.57. The maximum Gasteiger partial charge on any atom is 0.135 e. The topological polar surface area (TPSA) is 18.1 Å². The van der Waals surface area contributed by atoms with Gasteiger partial charge in [-0.05, 0) is 86.0 Å². The lowest BCUT2D eigenvalue weighted by atomic mass is 9.72. The molecule has 0 amide bonds. The largest absolute Gasteiger partial charge is 0.456 e. The van der Waals surface area contributed by atoms with Gasteiger partial charge in [0, 0.05) is 44.5 Å². The fraction of sp³-hybridized carbons (Fsp3) is 0.102. The van der Waals surface area contributed by atoms with E-state index in [1.165, 1.54) is 93.9 Å². The van der Waals surface area contributed by atoms with Gasteiger partial charge in [-0.1, -0.05) is 135 Å². The minimum atomic E-state index is -0.253. The Morgan fingerprint density at radius 3 is 2.08 bits per heavy atom. The first-order chi connectivity index (χ1) is 25.1. The number of para-hydroxylation sites is 2. The summed E-state index contributed by atoms with van der Waals surface area (Å²) in [6.45, 7) is 4.81. The summed E-state index contributed by atoms with van der Waals surface area (Å²) in [7, 11) is 0. The molecular weight excluding hydrogens is 619 g/mol. The van der Waals surface area contributed by atoms with Crippen molar-refractivity contribution in [1.29, 1.82) is 0 Å². The van der Waals surface area contributed by atoms with Gasteiger partial charge in [-0.2, -0.15) is 0 Å². The number of hydrogen-bond donors (Lipinski definition) is 0. The van der Waals surface area contributed by atoms with Crippen molar-refractivity contribution >= 4 is 60.5 Å². The molecule has 2 unspecified atom stereocenters. The van der Waals surface area contributed by atoms with E-state index in [2.05, 4.69) is 170 Å². The maximum absolute atomic E-state index is 6.40. The van der Waals surface area contributed by atoms with Crippen molar-refractivity contribution in [3.8, 4) is 16.8 Å². The molecule has 0 radical (unpaired) electrons. The SMILES string of the molecule is CC1(C)c2c(ccc3oc4ccccc4c23)-c2ccc3c4ccccc4n(-c4ccc(C5=CC=C6c7ccccc7C7=CC=CC5C76)cc4)c3c21. The Hall–Kier alpha value is -6.12. The lowest BCUT2D eigenvalue weighted by molar-refractivity contribution is 0.658. The molecule has 2 aromatic heterocycles. The molecule has 4 aliphatic carbocycles. The zero-order chi connectivity index (χ0) is 33.6. The number of furan rings is 1. The van der Waals surface area contributed by atoms with Crippen molar-refractivity contribution in [2.45, 2.75) is 19.3 Å². The van der Waals surface area contributed by atoms with Crippen LogP contribution in [0.25, 0.3) is 77.3 Å². The van der Waals surface area contributed by atoms with Gasteiger partial charge in [-0.3, -0.25) is 0 Å². The zero-order valence-corrected chi connectivity index (χ0v) is 28.4. The molecule has 2 heteroatoms. The highest BCUT2D eigenvalue weighted by atomic mass is 16.3. The Morgan fingerprint density at radius 2 is 1.24 bits per heavy atom. The smallest absolute Gasteiger partial charge is 0.135 e. The van der Waals surface area contributed by atoms with Crippen LogP contribution in [0.4, 0.5) is 0 Å². The minimum Gasteiger partial charge on any atom is -0.456 e. The molecule has 0 saturated carbocycles. The third-order valence-corrected chi connectivity index (χ3v) is 12.4. The lowest BCUT2D eigenvalue weighted by Crippen LogP contribution is -2.18. The number of benzene rings is 6. The molecule has 0 saturated heterocycles. The van der Waals surface area contributed by atoms with Crippen LogP contribution >= 0.6 is 0 Å². The van der Waals surface area contributed by atoms with E-state index >= 15 is 0 Å². The van der Waals surface area contributed by atoms with Crippen molar-refractivity contribution in [3.05, 3.63) is 180 Å². The minimum absolute atomic E-state index is 0.253. The average Bonchev–Trinajstić information content (AvgIpc) is 3.88. The van der Waals surface area contributed by atoms with E-state index in [0.717, 1.165) is 11.2 Å². The molecule has 0 spiro atoms. The molecule has 12 rings (SSSR count). The number of hydrogen-bond acceptors (Lipinski definition) is 1. The van der Waals surface area contributed by atoms with Gasteiger partial charge in [0.15, 0.2) is 0 Å². The molecule has 2 nitrogen and oxygen atoms in total. The van der Waals surface area contributed by atoms with E-state index in [-0.39, 0.29) is 5.41 Å². The molecule has 8 aromatic rings. The second-order valence-electron chi connectivity index (χ2n) is 15.2. The van der Waals surface area contributed by atoms with E-state index in [1.807, 2.05) is 0 Å². The van der Waals surface area contributed by atoms with E-state index < -0.39 is 0 Å². The van der Waals surface area contributed by atoms with Crippen molar-refractivity contribution < 1.29 is 4.42 Å². The summed E-state index contributed by atoms with van der Waals surface area (Å²) in [5, 5.41) is 5.00. The van der Waals surface area contributed by atoms with Gasteiger partial charge in [0.25, 0.3) is 0 Å². The summed E-state index contributed by atoms with van der Waals surface area (Å²) in [5.74, 6) is 0.713. The van der Waals surface area contributed by atoms with Crippen LogP contribution in [-0.2, 0) is 5.41 Å². The van der Waals surface area contributed by atoms with Gasteiger partial charge in [-0.25, -0.2) is 0 Å². The summed E-state index contributed by atoms with van der Waals surface area (Å²) in [6.07, 6.45) is 11.7. The molecule has 51 heavy (non-hydrogen) atoms. The van der Waals surface area contributed by atoms with Crippen molar-refractivity contribution in [3.63, 3.8) is 0 Å². The molecule has 0 N–H and O–H groups in total. The molecule has 0 fully saturated rings. The summed E-state index contributed by atoms with van der Waals surface area (Å²) in [5.41, 5.74) is 19.1. The predicted octanol–water partition coefficient (Wildman–Crippen LogP) is 12.7. The molecule has 0 bridgehead atoms. The van der Waals surface area contributed by atoms with Crippen LogP contribution in [0.1, 0.15) is 41.7 Å². The Morgan fingerprint density at radius 1 is 0.549 bits per heavy atom. The second kappa shape index (κ2) is 9.56. The maximum atomic E-state index is 6.40. The van der Waals surface area contributed by atoms with Gasteiger partial charge in [0.05, 0.1) is 11.0 Å². The van der Waals surface area contributed by atoms with Crippen LogP contribution in [0.5, 0.6) is 0 Å². The van der Waals surface area contributed by atoms with Crippen LogP contribution in [0.3, 0.4) is 0 Å². The quantitative estimate of drug-likeness (QED) is 0.182. The van der Waals surface area contributed by atoms with Crippen molar-refractivity contribution in [1.82, 2.24) is 4.57 Å². The Balaban J connectivity index is 1.05. The molecule has 2 heterocycles. The first-order valence-corrected chi connectivity index (χ1v) is 18.1. The number of allylic oxidation sites excluding steroid dienone is 8. The predicted molar refractivity (Wildman–Crippen MR) is 212 cm³/mol. The number of nitrogens with zero attached hydrogens (tertiary/aromatic N) is 1. The first-order valence-electron chi connectivity index (χ1n) is 18.1. The molecule has 0 aliphatic heterocycles. The van der Waals surface area contributed by atoms with Crippen molar-refractivity contribution in [2.24, 2.45) is 11.8 Å². The normalized spacial score (nSPS) is 19.2. The second-order valence-corrected chi connectivity index (χ2v) is 15.2. The van der Waals surface area contributed by atoms with Crippen LogP contribution in [0, 0.1) is 11.8 Å². The molecule has 2 atom stereocenters. The number of fused-ring (bicyclic) bond motifs is 14. The molecule has 240 valence electrons. The Bertz CT molecular complexity index is 2990. The van der Waals surface area contributed by atoms with E-state index in [4.69, 9.17) is 4.42 Å². The average molecular weight is 652 g/mol. The van der Waals surface area contributed by atoms with Gasteiger partial charge in [-0.15, -0.1) is 0 Å². The fourth-order valence-corrected chi connectivity index (χ4v) is 10.3. The van der Waals surface area contributed by atoms with E-state index in [9.17, 15) is 0 Å². The third kappa shape index (κ3) is 3.43. The van der Waals surface area contributed by atoms with E-state index in [1.54, 1.807) is 0 Å². The highest BCUT2D eigenvalue weighted by Gasteiger charge is 2.42. The van der Waals surface area contributed by atoms with Crippen LogP contribution < -0.4 is 0 Å².